The van der Waals surface area contributed by atoms with Crippen LogP contribution in [-0.4, -0.2) is 69.5 Å². The van der Waals surface area contributed by atoms with Crippen LogP contribution in [0, 0.1) is 0 Å². The van der Waals surface area contributed by atoms with Crippen LogP contribution in [-0.2, 0) is 20.7 Å². The number of amidine groups is 1. The van der Waals surface area contributed by atoms with Gasteiger partial charge in [0, 0.05) is 43.4 Å². The van der Waals surface area contributed by atoms with Gasteiger partial charge in [0.1, 0.15) is 11.4 Å². The molecule has 3 aromatic rings. The van der Waals surface area contributed by atoms with Crippen LogP contribution in [0.25, 0.3) is 5.52 Å². The van der Waals surface area contributed by atoms with Crippen molar-refractivity contribution in [2.45, 2.75) is 25.0 Å². The number of Topliss-reactive ketones (excluding diaryl/α,β-unsaturated/α-hetero) is 1. The second-order valence-electron chi connectivity index (χ2n) is 7.79. The molecule has 11 nitrogen and oxygen atoms in total. The number of methoxy groups -OCH3 is 1. The predicted octanol–water partition coefficient (Wildman–Crippen LogP) is 0.827. The van der Waals surface area contributed by atoms with Gasteiger partial charge >= 0.3 is 0 Å². The van der Waals surface area contributed by atoms with E-state index in [0.29, 0.717) is 36.1 Å². The zero-order valence-electron chi connectivity index (χ0n) is 17.8. The van der Waals surface area contributed by atoms with Crippen LogP contribution in [0.15, 0.2) is 46.5 Å². The molecule has 3 N–H and O–H groups in total. The van der Waals surface area contributed by atoms with Crippen molar-refractivity contribution in [3.05, 3.63) is 46.6 Å². The molecule has 0 radical (unpaired) electrons. The van der Waals surface area contributed by atoms with Gasteiger partial charge < -0.3 is 20.7 Å². The molecule has 2 aliphatic rings. The Morgan fingerprint density at radius 2 is 2.27 bits per heavy atom. The summed E-state index contributed by atoms with van der Waals surface area (Å²) in [5, 5.41) is 10.4. The second-order valence-corrected chi connectivity index (χ2v) is 8.77. The van der Waals surface area contributed by atoms with Crippen LogP contribution in [0.5, 0.6) is 0 Å². The standard InChI is InChI=1S/C21H22N8O3S/c1-32-13-8-15(16(30)9-18-23-4-6-33-18)28(11-13)21-26-20(14-3-2-5-29(14)27-21)25-17-7-12(10-24-17)19(22)31/h2-7,13,15H,8-11H2,1H3,(H2,22,31)(H,24,25,26,27)/t13-,15-/m0/s1. The first kappa shape index (κ1) is 21.2. The number of aromatic nitrogens is 4. The third-order valence-electron chi connectivity index (χ3n) is 5.71. The summed E-state index contributed by atoms with van der Waals surface area (Å²) in [5.74, 6) is 0.943. The Morgan fingerprint density at radius 1 is 1.39 bits per heavy atom. The van der Waals surface area contributed by atoms with Crippen LogP contribution >= 0.6 is 11.3 Å². The van der Waals surface area contributed by atoms with Crippen molar-refractivity contribution in [2.75, 3.05) is 30.4 Å². The maximum Gasteiger partial charge on any atom is 0.246 e. The van der Waals surface area contributed by atoms with E-state index in [1.807, 2.05) is 28.6 Å². The summed E-state index contributed by atoms with van der Waals surface area (Å²) < 4.78 is 7.26. The molecule has 1 amide bonds. The molecular formula is C21H22N8O3S. The smallest absolute Gasteiger partial charge is 0.246 e. The van der Waals surface area contributed by atoms with E-state index in [0.717, 1.165) is 10.5 Å². The minimum Gasteiger partial charge on any atom is -0.380 e. The largest absolute Gasteiger partial charge is 0.380 e. The summed E-state index contributed by atoms with van der Waals surface area (Å²) in [6.45, 7) is 0.714. The normalized spacial score (nSPS) is 20.2. The number of ether oxygens (including phenoxy) is 1. The highest BCUT2D eigenvalue weighted by molar-refractivity contribution is 7.09. The molecule has 170 valence electrons. The van der Waals surface area contributed by atoms with Gasteiger partial charge in [0.15, 0.2) is 11.6 Å². The molecule has 33 heavy (non-hydrogen) atoms. The monoisotopic (exact) mass is 466 g/mol. The number of nitrogens with two attached hydrogens (primary N) is 1. The van der Waals surface area contributed by atoms with Crippen molar-refractivity contribution >= 4 is 46.1 Å². The number of thiazole rings is 1. The Balaban J connectivity index is 1.46. The van der Waals surface area contributed by atoms with Gasteiger partial charge in [-0.1, -0.05) is 0 Å². The van der Waals surface area contributed by atoms with E-state index in [-0.39, 0.29) is 24.9 Å². The molecule has 12 heteroatoms. The molecule has 0 spiro atoms. The molecule has 1 fully saturated rings. The highest BCUT2D eigenvalue weighted by Gasteiger charge is 2.39. The minimum absolute atomic E-state index is 0.0458. The van der Waals surface area contributed by atoms with Crippen LogP contribution in [0.1, 0.15) is 11.4 Å². The molecule has 0 bridgehead atoms. The van der Waals surface area contributed by atoms with E-state index in [9.17, 15) is 9.59 Å². The summed E-state index contributed by atoms with van der Waals surface area (Å²) in [7, 11) is 1.64. The van der Waals surface area contributed by atoms with Gasteiger partial charge in [0.25, 0.3) is 0 Å². The van der Waals surface area contributed by atoms with Gasteiger partial charge in [-0.15, -0.1) is 16.4 Å². The molecule has 5 heterocycles. The van der Waals surface area contributed by atoms with Crippen molar-refractivity contribution in [2.24, 2.45) is 10.7 Å². The Morgan fingerprint density at radius 3 is 3.00 bits per heavy atom. The maximum atomic E-state index is 13.2. The number of ketones is 1. The number of fused-ring (bicyclic) bond motifs is 1. The van der Waals surface area contributed by atoms with Crippen molar-refractivity contribution in [1.82, 2.24) is 19.6 Å². The molecule has 1 saturated heterocycles. The quantitative estimate of drug-likeness (QED) is 0.522. The van der Waals surface area contributed by atoms with Crippen LogP contribution in [0.4, 0.5) is 11.8 Å². The fraction of sp³-hybridized carbons (Fsp3) is 0.333. The lowest BCUT2D eigenvalue weighted by Gasteiger charge is -2.23. The zero-order chi connectivity index (χ0) is 22.9. The van der Waals surface area contributed by atoms with Crippen molar-refractivity contribution in [1.29, 1.82) is 0 Å². The lowest BCUT2D eigenvalue weighted by atomic mass is 10.1. The highest BCUT2D eigenvalue weighted by Crippen LogP contribution is 2.28. The number of nitrogens with one attached hydrogen (secondary N) is 1. The minimum atomic E-state index is -0.504. The van der Waals surface area contributed by atoms with Crippen molar-refractivity contribution in [3.63, 3.8) is 0 Å². The highest BCUT2D eigenvalue weighted by atomic mass is 32.1. The molecule has 0 saturated carbocycles. The SMILES string of the molecule is CO[C@H]1C[C@@H](C(=O)Cc2nccs2)N(c2nc(NC3=NCC(C(N)=O)=C3)c3cccn3n2)C1. The van der Waals surface area contributed by atoms with Crippen molar-refractivity contribution in [3.8, 4) is 0 Å². The Hall–Kier alpha value is -3.64. The summed E-state index contributed by atoms with van der Waals surface area (Å²) in [6.07, 6.45) is 5.81. The van der Waals surface area contributed by atoms with Crippen LogP contribution < -0.4 is 16.0 Å². The first-order valence-corrected chi connectivity index (χ1v) is 11.3. The maximum absolute atomic E-state index is 13.2. The summed E-state index contributed by atoms with van der Waals surface area (Å²) >= 11 is 1.46. The summed E-state index contributed by atoms with van der Waals surface area (Å²) in [5.41, 5.74) is 6.52. The fourth-order valence-electron chi connectivity index (χ4n) is 4.01. The number of hydrogen-bond acceptors (Lipinski definition) is 10. The molecule has 2 aliphatic heterocycles. The Kier molecular flexibility index (Phi) is 5.60. The predicted molar refractivity (Wildman–Crippen MR) is 124 cm³/mol. The first-order valence-electron chi connectivity index (χ1n) is 10.4. The Labute approximate surface area is 193 Å². The number of hydrogen-bond donors (Lipinski definition) is 2. The van der Waals surface area contributed by atoms with E-state index in [2.05, 4.69) is 20.4 Å². The molecule has 0 aliphatic carbocycles. The fourth-order valence-corrected chi connectivity index (χ4v) is 4.64. The summed E-state index contributed by atoms with van der Waals surface area (Å²) in [6, 6.07) is 3.30. The van der Waals surface area contributed by atoms with Crippen LogP contribution in [0.2, 0.25) is 0 Å². The zero-order valence-corrected chi connectivity index (χ0v) is 18.7. The molecule has 2 atom stereocenters. The van der Waals surface area contributed by atoms with Gasteiger partial charge in [-0.25, -0.2) is 9.50 Å². The third kappa shape index (κ3) is 4.22. The number of aliphatic imine (C=N–C) groups is 1. The van der Waals surface area contributed by atoms with E-state index >= 15 is 0 Å². The third-order valence-corrected chi connectivity index (χ3v) is 6.49. The molecule has 0 aromatic carbocycles. The molecule has 3 aromatic heterocycles. The molecular weight excluding hydrogens is 444 g/mol. The summed E-state index contributed by atoms with van der Waals surface area (Å²) in [4.78, 5) is 39.8. The number of primary amides is 1. The van der Waals surface area contributed by atoms with E-state index < -0.39 is 11.9 Å². The van der Waals surface area contributed by atoms with Gasteiger partial charge in [0.05, 0.1) is 30.1 Å². The van der Waals surface area contributed by atoms with Gasteiger partial charge in [-0.3, -0.25) is 14.6 Å². The van der Waals surface area contributed by atoms with Gasteiger partial charge in [-0.2, -0.15) is 4.98 Å². The number of anilines is 2. The lowest BCUT2D eigenvalue weighted by Crippen LogP contribution is -2.38. The van der Waals surface area contributed by atoms with E-state index in [4.69, 9.17) is 15.5 Å². The van der Waals surface area contributed by atoms with Crippen molar-refractivity contribution < 1.29 is 14.3 Å². The van der Waals surface area contributed by atoms with E-state index in [1.54, 1.807) is 23.9 Å². The first-order chi connectivity index (χ1) is 16.0. The topological polar surface area (TPSA) is 140 Å². The second kappa shape index (κ2) is 8.71. The lowest BCUT2D eigenvalue weighted by molar-refractivity contribution is -0.119. The number of carbonyl (C=O) groups excluding carboxylic acids is 2. The molecule has 5 rings (SSSR count). The number of rotatable bonds is 7. The number of amides is 1. The van der Waals surface area contributed by atoms with Gasteiger partial charge in [-0.05, 0) is 18.2 Å². The number of carbonyl (C=O) groups is 2. The average molecular weight is 467 g/mol. The van der Waals surface area contributed by atoms with Gasteiger partial charge in [0.2, 0.25) is 11.9 Å². The Bertz CT molecular complexity index is 1270. The molecule has 0 unspecified atom stereocenters. The average Bonchev–Trinajstić information content (AvgIpc) is 3.59. The number of nitrogens with zero attached hydrogens (tertiary/aromatic N) is 6. The van der Waals surface area contributed by atoms with E-state index in [1.165, 1.54) is 11.3 Å². The van der Waals surface area contributed by atoms with Crippen LogP contribution in [0.3, 0.4) is 0 Å².